The van der Waals surface area contributed by atoms with Crippen molar-refractivity contribution in [2.45, 2.75) is 11.8 Å². The molecule has 2 aromatic carbocycles. The Hall–Kier alpha value is -1.78. The third kappa shape index (κ3) is 3.86. The van der Waals surface area contributed by atoms with Crippen LogP contribution in [0.15, 0.2) is 47.4 Å². The molecule has 108 valence electrons. The van der Waals surface area contributed by atoms with E-state index in [-0.39, 0.29) is 5.78 Å². The lowest BCUT2D eigenvalue weighted by atomic mass is 10.1. The number of rotatable bonds is 4. The highest BCUT2D eigenvalue weighted by Crippen LogP contribution is 2.24. The number of ketones is 1. The molecular weight excluding hydrogens is 308 g/mol. The van der Waals surface area contributed by atoms with Gasteiger partial charge in [0.05, 0.1) is 10.6 Å². The zero-order chi connectivity index (χ0) is 15.4. The Bertz CT molecular complexity index is 680. The molecule has 0 aliphatic carbocycles. The van der Waals surface area contributed by atoms with Crippen LogP contribution in [0, 0.1) is 0 Å². The number of halogens is 1. The van der Waals surface area contributed by atoms with Crippen molar-refractivity contribution < 1.29 is 14.3 Å². The van der Waals surface area contributed by atoms with E-state index in [1.807, 2.05) is 12.3 Å². The number of esters is 1. The van der Waals surface area contributed by atoms with Gasteiger partial charge in [0.25, 0.3) is 0 Å². The Balaban J connectivity index is 2.19. The maximum absolute atomic E-state index is 12.1. The zero-order valence-electron chi connectivity index (χ0n) is 11.6. The van der Waals surface area contributed by atoms with Gasteiger partial charge >= 0.3 is 5.97 Å². The fraction of sp³-hybridized carbons (Fsp3) is 0.125. The average molecular weight is 321 g/mol. The Labute approximate surface area is 132 Å². The number of hydrogen-bond acceptors (Lipinski definition) is 4. The van der Waals surface area contributed by atoms with E-state index in [4.69, 9.17) is 16.3 Å². The summed E-state index contributed by atoms with van der Waals surface area (Å²) in [5.74, 6) is -0.189. The monoisotopic (exact) mass is 320 g/mol. The molecular formula is C16H13ClO3S. The van der Waals surface area contributed by atoms with E-state index in [9.17, 15) is 9.59 Å². The third-order valence-electron chi connectivity index (χ3n) is 2.86. The van der Waals surface area contributed by atoms with Gasteiger partial charge in [-0.25, -0.2) is 4.79 Å². The van der Waals surface area contributed by atoms with Crippen LogP contribution < -0.4 is 4.74 Å². The lowest BCUT2D eigenvalue weighted by Gasteiger charge is -2.07. The second-order valence-corrected chi connectivity index (χ2v) is 5.60. The van der Waals surface area contributed by atoms with Crippen molar-refractivity contribution in [1.82, 2.24) is 0 Å². The standard InChI is InChI=1S/C16H13ClO3S/c1-10(18)11-3-5-12(6-4-11)20-16(19)14-9-13(21-2)7-8-15(14)17/h3-9H,1-2H3. The molecule has 0 aliphatic heterocycles. The van der Waals surface area contributed by atoms with Crippen LogP contribution >= 0.6 is 23.4 Å². The van der Waals surface area contributed by atoms with E-state index in [1.165, 1.54) is 18.7 Å². The highest BCUT2D eigenvalue weighted by atomic mass is 35.5. The molecule has 21 heavy (non-hydrogen) atoms. The maximum atomic E-state index is 12.1. The highest BCUT2D eigenvalue weighted by molar-refractivity contribution is 7.98. The smallest absolute Gasteiger partial charge is 0.345 e. The average Bonchev–Trinajstić information content (AvgIpc) is 2.48. The van der Waals surface area contributed by atoms with Crippen molar-refractivity contribution in [3.05, 3.63) is 58.6 Å². The summed E-state index contributed by atoms with van der Waals surface area (Å²) in [6.07, 6.45) is 1.92. The summed E-state index contributed by atoms with van der Waals surface area (Å²) < 4.78 is 5.27. The molecule has 0 aromatic heterocycles. The van der Waals surface area contributed by atoms with Gasteiger partial charge in [-0.05, 0) is 55.6 Å². The maximum Gasteiger partial charge on any atom is 0.345 e. The lowest BCUT2D eigenvalue weighted by molar-refractivity contribution is 0.0734. The molecule has 2 rings (SSSR count). The molecule has 0 atom stereocenters. The first kappa shape index (κ1) is 15.6. The lowest BCUT2D eigenvalue weighted by Crippen LogP contribution is -2.09. The second kappa shape index (κ2) is 6.78. The predicted octanol–water partition coefficient (Wildman–Crippen LogP) is 4.48. The van der Waals surface area contributed by atoms with Crippen molar-refractivity contribution in [2.24, 2.45) is 0 Å². The van der Waals surface area contributed by atoms with Gasteiger partial charge < -0.3 is 4.74 Å². The SMILES string of the molecule is CSc1ccc(Cl)c(C(=O)Oc2ccc(C(C)=O)cc2)c1. The first-order valence-electron chi connectivity index (χ1n) is 6.18. The first-order chi connectivity index (χ1) is 10.0. The van der Waals surface area contributed by atoms with Crippen LogP contribution in [0.3, 0.4) is 0 Å². The van der Waals surface area contributed by atoms with Crippen LogP contribution in [-0.4, -0.2) is 18.0 Å². The number of carbonyl (C=O) groups excluding carboxylic acids is 2. The number of Topliss-reactive ketones (excluding diaryl/α,β-unsaturated/α-hetero) is 1. The number of benzene rings is 2. The minimum absolute atomic E-state index is 0.0383. The molecule has 0 aliphatic rings. The van der Waals surface area contributed by atoms with Gasteiger partial charge in [0.1, 0.15) is 5.75 Å². The predicted molar refractivity (Wildman–Crippen MR) is 84.6 cm³/mol. The quantitative estimate of drug-likeness (QED) is 0.360. The van der Waals surface area contributed by atoms with Crippen molar-refractivity contribution in [3.63, 3.8) is 0 Å². The van der Waals surface area contributed by atoms with Crippen LogP contribution in [0.25, 0.3) is 0 Å². The van der Waals surface area contributed by atoms with Crippen LogP contribution in [-0.2, 0) is 0 Å². The molecule has 0 saturated heterocycles. The summed E-state index contributed by atoms with van der Waals surface area (Å²) in [5.41, 5.74) is 0.886. The second-order valence-electron chi connectivity index (χ2n) is 4.32. The molecule has 0 fully saturated rings. The van der Waals surface area contributed by atoms with Gasteiger partial charge in [-0.15, -0.1) is 11.8 Å². The number of carbonyl (C=O) groups is 2. The molecule has 0 bridgehead atoms. The molecule has 0 heterocycles. The Kier molecular flexibility index (Phi) is 5.04. The van der Waals surface area contributed by atoms with E-state index in [0.717, 1.165) is 4.90 Å². The van der Waals surface area contributed by atoms with Crippen LogP contribution in [0.1, 0.15) is 27.6 Å². The van der Waals surface area contributed by atoms with Crippen LogP contribution in [0.2, 0.25) is 5.02 Å². The van der Waals surface area contributed by atoms with E-state index in [1.54, 1.807) is 36.4 Å². The molecule has 0 saturated carbocycles. The summed E-state index contributed by atoms with van der Waals surface area (Å²) in [6, 6.07) is 11.6. The summed E-state index contributed by atoms with van der Waals surface area (Å²) in [5, 5.41) is 0.346. The van der Waals surface area contributed by atoms with Crippen LogP contribution in [0.4, 0.5) is 0 Å². The summed E-state index contributed by atoms with van der Waals surface area (Å²) in [4.78, 5) is 24.3. The largest absolute Gasteiger partial charge is 0.423 e. The van der Waals surface area contributed by atoms with Crippen molar-refractivity contribution in [1.29, 1.82) is 0 Å². The van der Waals surface area contributed by atoms with Gasteiger partial charge in [-0.1, -0.05) is 11.6 Å². The Morgan fingerprint density at radius 1 is 1.10 bits per heavy atom. The minimum Gasteiger partial charge on any atom is -0.423 e. The fourth-order valence-electron chi connectivity index (χ4n) is 1.71. The summed E-state index contributed by atoms with van der Waals surface area (Å²) in [7, 11) is 0. The molecule has 0 spiro atoms. The van der Waals surface area contributed by atoms with E-state index in [0.29, 0.717) is 21.9 Å². The normalized spacial score (nSPS) is 10.2. The zero-order valence-corrected chi connectivity index (χ0v) is 13.1. The summed E-state index contributed by atoms with van der Waals surface area (Å²) in [6.45, 7) is 1.48. The molecule has 0 N–H and O–H groups in total. The third-order valence-corrected chi connectivity index (χ3v) is 3.92. The van der Waals surface area contributed by atoms with E-state index in [2.05, 4.69) is 0 Å². The Morgan fingerprint density at radius 3 is 2.33 bits per heavy atom. The summed E-state index contributed by atoms with van der Waals surface area (Å²) >= 11 is 7.54. The van der Waals surface area contributed by atoms with Gasteiger partial charge in [0.15, 0.2) is 5.78 Å². The Morgan fingerprint density at radius 2 is 1.76 bits per heavy atom. The number of thioether (sulfide) groups is 1. The molecule has 5 heteroatoms. The fourth-order valence-corrected chi connectivity index (χ4v) is 2.34. The molecule has 3 nitrogen and oxygen atoms in total. The van der Waals surface area contributed by atoms with E-state index < -0.39 is 5.97 Å². The van der Waals surface area contributed by atoms with Gasteiger partial charge in [-0.3, -0.25) is 4.79 Å². The van der Waals surface area contributed by atoms with Gasteiger partial charge in [0.2, 0.25) is 0 Å². The molecule has 2 aromatic rings. The number of hydrogen-bond donors (Lipinski definition) is 0. The van der Waals surface area contributed by atoms with Crippen molar-refractivity contribution in [2.75, 3.05) is 6.26 Å². The molecule has 0 radical (unpaired) electrons. The minimum atomic E-state index is -0.522. The van der Waals surface area contributed by atoms with E-state index >= 15 is 0 Å². The first-order valence-corrected chi connectivity index (χ1v) is 7.78. The van der Waals surface area contributed by atoms with Gasteiger partial charge in [0, 0.05) is 10.5 Å². The topological polar surface area (TPSA) is 43.4 Å². The molecule has 0 amide bonds. The number of ether oxygens (including phenoxy) is 1. The molecule has 0 unspecified atom stereocenters. The van der Waals surface area contributed by atoms with Gasteiger partial charge in [-0.2, -0.15) is 0 Å². The van der Waals surface area contributed by atoms with Crippen LogP contribution in [0.5, 0.6) is 5.75 Å². The van der Waals surface area contributed by atoms with Crippen molar-refractivity contribution >= 4 is 35.1 Å². The van der Waals surface area contributed by atoms with Crippen molar-refractivity contribution in [3.8, 4) is 5.75 Å². The highest BCUT2D eigenvalue weighted by Gasteiger charge is 2.14.